The normalized spacial score (nSPS) is 23.4. The van der Waals surface area contributed by atoms with Crippen LogP contribution in [0.5, 0.6) is 0 Å². The average Bonchev–Trinajstić information content (AvgIpc) is 3.67. The molecule has 4 heteroatoms. The monoisotopic (exact) mass is 531 g/mol. The highest BCUT2D eigenvalue weighted by atomic mass is 32.2. The van der Waals surface area contributed by atoms with Crippen molar-refractivity contribution in [3.8, 4) is 0 Å². The second kappa shape index (κ2) is 7.56. The van der Waals surface area contributed by atoms with Crippen molar-refractivity contribution in [1.82, 2.24) is 4.58 Å². The fourth-order valence-corrected chi connectivity index (χ4v) is 8.72. The Kier molecular flexibility index (Phi) is 4.02. The second-order valence-corrected chi connectivity index (χ2v) is 12.2. The standard InChI is InChI=1S/C36H23N2OS/c1-5-17-32-21(9-1)24-12-8-16-30(36(24)39-32)37-27-13-3-4-14-28(27)38-31-19-26-22-10-2-6-18-33(22)40-34(26)20-25(31)23-11-7-15-29(37)35(23)38/h1-18,20,33,35H,19H2/q+1. The Balaban J connectivity index is 1.22. The number of hydrogen-bond donors (Lipinski definition) is 0. The van der Waals surface area contributed by atoms with Gasteiger partial charge in [-0.25, -0.2) is 0 Å². The zero-order chi connectivity index (χ0) is 25.9. The van der Waals surface area contributed by atoms with E-state index in [0.717, 1.165) is 34.0 Å². The van der Waals surface area contributed by atoms with E-state index in [2.05, 4.69) is 119 Å². The van der Waals surface area contributed by atoms with Crippen molar-refractivity contribution in [2.75, 3.05) is 4.90 Å². The molecule has 0 bridgehead atoms. The summed E-state index contributed by atoms with van der Waals surface area (Å²) < 4.78 is 8.99. The Labute approximate surface area is 235 Å². The minimum atomic E-state index is 0.133. The molecule has 10 rings (SSSR count). The molecule has 0 radical (unpaired) electrons. The van der Waals surface area contributed by atoms with E-state index in [9.17, 15) is 0 Å². The average molecular weight is 532 g/mol. The molecule has 0 amide bonds. The molecule has 0 saturated carbocycles. The van der Waals surface area contributed by atoms with Gasteiger partial charge in [-0.3, -0.25) is 0 Å². The number of anilines is 1. The van der Waals surface area contributed by atoms with E-state index in [4.69, 9.17) is 4.42 Å². The third kappa shape index (κ3) is 2.60. The van der Waals surface area contributed by atoms with Crippen LogP contribution in [0.2, 0.25) is 0 Å². The lowest BCUT2D eigenvalue weighted by molar-refractivity contribution is 0.666. The van der Waals surface area contributed by atoms with Crippen molar-refractivity contribution >= 4 is 56.5 Å². The van der Waals surface area contributed by atoms with E-state index >= 15 is 0 Å². The predicted octanol–water partition coefficient (Wildman–Crippen LogP) is 8.64. The molecule has 2 unspecified atom stereocenters. The number of furan rings is 1. The Morgan fingerprint density at radius 1 is 0.850 bits per heavy atom. The zero-order valence-corrected chi connectivity index (χ0v) is 22.4. The Morgan fingerprint density at radius 2 is 1.73 bits per heavy atom. The van der Waals surface area contributed by atoms with E-state index in [0.29, 0.717) is 5.25 Å². The summed E-state index contributed by atoms with van der Waals surface area (Å²) in [5.74, 6) is 0. The Hall–Kier alpha value is -4.54. The van der Waals surface area contributed by atoms with Crippen molar-refractivity contribution in [3.05, 3.63) is 148 Å². The first kappa shape index (κ1) is 21.3. The van der Waals surface area contributed by atoms with Crippen LogP contribution in [0.15, 0.2) is 153 Å². The molecule has 1 aromatic heterocycles. The maximum absolute atomic E-state index is 6.55. The molecule has 3 nitrogen and oxygen atoms in total. The van der Waals surface area contributed by atoms with E-state index in [-0.39, 0.29) is 6.04 Å². The molecule has 40 heavy (non-hydrogen) atoms. The van der Waals surface area contributed by atoms with Crippen LogP contribution < -0.4 is 9.48 Å². The number of thioether (sulfide) groups is 1. The van der Waals surface area contributed by atoms with Crippen LogP contribution in [0.3, 0.4) is 0 Å². The van der Waals surface area contributed by atoms with Gasteiger partial charge in [0, 0.05) is 51.6 Å². The van der Waals surface area contributed by atoms with Gasteiger partial charge in [0.15, 0.2) is 0 Å². The SMILES string of the molecule is C1=CC2=C3CC4=C(C=C3SC2C=C1)C1=CC=CC2=[N+](c3cccc5c3oc3ccccc35)c3ccccc3N4C12. The topological polar surface area (TPSA) is 19.4 Å². The molecule has 0 saturated heterocycles. The molecule has 4 aromatic rings. The van der Waals surface area contributed by atoms with Crippen LogP contribution in [0.1, 0.15) is 6.42 Å². The first-order chi connectivity index (χ1) is 19.8. The van der Waals surface area contributed by atoms with E-state index in [1.807, 2.05) is 17.8 Å². The maximum atomic E-state index is 6.55. The summed E-state index contributed by atoms with van der Waals surface area (Å²) >= 11 is 2.00. The lowest BCUT2D eigenvalue weighted by atomic mass is 9.88. The summed E-state index contributed by atoms with van der Waals surface area (Å²) in [6.07, 6.45) is 19.3. The molecule has 0 N–H and O–H groups in total. The smallest absolute Gasteiger partial charge is 0.255 e. The Morgan fingerprint density at radius 3 is 2.73 bits per heavy atom. The summed E-state index contributed by atoms with van der Waals surface area (Å²) in [5, 5.41) is 2.75. The number of hydrogen-bond acceptors (Lipinski definition) is 3. The van der Waals surface area contributed by atoms with Crippen LogP contribution in [0, 0.1) is 0 Å². The van der Waals surface area contributed by atoms with Crippen molar-refractivity contribution in [2.45, 2.75) is 17.7 Å². The van der Waals surface area contributed by atoms with Gasteiger partial charge in [0.1, 0.15) is 17.3 Å². The van der Waals surface area contributed by atoms with Crippen LogP contribution in [-0.2, 0) is 0 Å². The molecule has 0 fully saturated rings. The largest absolute Gasteiger partial charge is 0.449 e. The summed E-state index contributed by atoms with van der Waals surface area (Å²) in [6, 6.07) is 23.9. The highest BCUT2D eigenvalue weighted by Gasteiger charge is 2.51. The third-order valence-electron chi connectivity index (χ3n) is 9.05. The number of benzene rings is 3. The van der Waals surface area contributed by atoms with Crippen LogP contribution in [0.4, 0.5) is 17.1 Å². The molecule has 3 aliphatic carbocycles. The first-order valence-corrected chi connectivity index (χ1v) is 14.8. The van der Waals surface area contributed by atoms with E-state index in [1.54, 1.807) is 0 Å². The second-order valence-electron chi connectivity index (χ2n) is 11.0. The van der Waals surface area contributed by atoms with Crippen LogP contribution >= 0.6 is 11.8 Å². The van der Waals surface area contributed by atoms with Crippen LogP contribution in [-0.4, -0.2) is 17.0 Å². The highest BCUT2D eigenvalue weighted by molar-refractivity contribution is 8.04. The maximum Gasteiger partial charge on any atom is 0.255 e. The van der Waals surface area contributed by atoms with Crippen molar-refractivity contribution in [3.63, 3.8) is 0 Å². The first-order valence-electron chi connectivity index (χ1n) is 13.9. The summed E-state index contributed by atoms with van der Waals surface area (Å²) in [4.78, 5) is 4.05. The summed E-state index contributed by atoms with van der Waals surface area (Å²) in [5.41, 5.74) is 13.8. The molecular weight excluding hydrogens is 508 g/mol. The molecule has 6 aliphatic rings. The minimum Gasteiger partial charge on any atom is -0.449 e. The number of fused-ring (bicyclic) bond motifs is 9. The molecule has 3 aliphatic heterocycles. The van der Waals surface area contributed by atoms with Crippen LogP contribution in [0.25, 0.3) is 21.9 Å². The predicted molar refractivity (Wildman–Crippen MR) is 167 cm³/mol. The van der Waals surface area contributed by atoms with Gasteiger partial charge in [0.05, 0.1) is 5.25 Å². The summed E-state index contributed by atoms with van der Waals surface area (Å²) in [6.45, 7) is 0. The van der Waals surface area contributed by atoms with Gasteiger partial charge in [-0.2, -0.15) is 4.58 Å². The van der Waals surface area contributed by atoms with Crippen molar-refractivity contribution in [2.24, 2.45) is 0 Å². The fraction of sp³-hybridized carbons (Fsp3) is 0.0833. The third-order valence-corrected chi connectivity index (χ3v) is 10.3. The number of rotatable bonds is 1. The molecule has 3 aromatic carbocycles. The number of allylic oxidation sites excluding steroid dienone is 8. The van der Waals surface area contributed by atoms with Gasteiger partial charge >= 0.3 is 0 Å². The van der Waals surface area contributed by atoms with Gasteiger partial charge in [-0.1, -0.05) is 72.9 Å². The zero-order valence-electron chi connectivity index (χ0n) is 21.5. The van der Waals surface area contributed by atoms with Gasteiger partial charge in [0.2, 0.25) is 17.0 Å². The lowest BCUT2D eigenvalue weighted by Gasteiger charge is -2.34. The molecule has 2 atom stereocenters. The van der Waals surface area contributed by atoms with Gasteiger partial charge in [0.25, 0.3) is 5.69 Å². The molecule has 4 heterocycles. The quantitative estimate of drug-likeness (QED) is 0.229. The summed E-state index contributed by atoms with van der Waals surface area (Å²) in [7, 11) is 0. The molecular formula is C36H23N2OS+. The lowest BCUT2D eigenvalue weighted by Crippen LogP contribution is -2.45. The molecule has 188 valence electrons. The number of nitrogens with zero attached hydrogens (tertiary/aromatic N) is 2. The Bertz CT molecular complexity index is 2130. The number of para-hydroxylation sites is 4. The van der Waals surface area contributed by atoms with Gasteiger partial charge in [-0.15, -0.1) is 11.8 Å². The molecule has 0 spiro atoms. The van der Waals surface area contributed by atoms with Crippen molar-refractivity contribution in [1.29, 1.82) is 0 Å². The van der Waals surface area contributed by atoms with Gasteiger partial charge in [-0.05, 0) is 41.0 Å². The van der Waals surface area contributed by atoms with Gasteiger partial charge < -0.3 is 9.32 Å². The van der Waals surface area contributed by atoms with Crippen molar-refractivity contribution < 1.29 is 4.42 Å². The van der Waals surface area contributed by atoms with E-state index < -0.39 is 0 Å². The minimum absolute atomic E-state index is 0.133. The fourth-order valence-electron chi connectivity index (χ4n) is 7.41. The highest BCUT2D eigenvalue weighted by Crippen LogP contribution is 2.56. The van der Waals surface area contributed by atoms with E-state index in [1.165, 1.54) is 50.0 Å².